The third kappa shape index (κ3) is 3.50. The zero-order chi connectivity index (χ0) is 13.9. The summed E-state index contributed by atoms with van der Waals surface area (Å²) in [7, 11) is -2.31. The van der Waals surface area contributed by atoms with Gasteiger partial charge in [-0.15, -0.1) is 0 Å². The van der Waals surface area contributed by atoms with Gasteiger partial charge < -0.3 is 9.72 Å². The van der Waals surface area contributed by atoms with Gasteiger partial charge >= 0.3 is 10.2 Å². The fourth-order valence-electron chi connectivity index (χ4n) is 1.28. The van der Waals surface area contributed by atoms with Crippen molar-refractivity contribution in [1.29, 1.82) is 0 Å². The number of imidazole rings is 1. The summed E-state index contributed by atoms with van der Waals surface area (Å²) in [6.45, 7) is 0.380. The lowest BCUT2D eigenvalue weighted by Crippen LogP contribution is -2.33. The molecule has 0 amide bonds. The van der Waals surface area contributed by atoms with Gasteiger partial charge in [-0.25, -0.2) is 9.71 Å². The van der Waals surface area contributed by atoms with Crippen LogP contribution in [0.1, 0.15) is 0 Å². The van der Waals surface area contributed by atoms with E-state index < -0.39 is 10.2 Å². The fraction of sp³-hybridized carbons (Fsp3) is 0.375. The van der Waals surface area contributed by atoms with E-state index in [2.05, 4.69) is 29.4 Å². The summed E-state index contributed by atoms with van der Waals surface area (Å²) in [6.07, 6.45) is 1.39. The number of H-pyrrole nitrogens is 1. The van der Waals surface area contributed by atoms with Gasteiger partial charge in [-0.1, -0.05) is 11.6 Å². The van der Waals surface area contributed by atoms with Gasteiger partial charge in [-0.05, 0) is 0 Å². The average molecular weight is 307 g/mol. The van der Waals surface area contributed by atoms with Crippen LogP contribution in [0, 0.1) is 0 Å². The van der Waals surface area contributed by atoms with E-state index in [0.717, 1.165) is 0 Å². The maximum Gasteiger partial charge on any atom is 0.301 e. The highest BCUT2D eigenvalue weighted by Gasteiger charge is 2.14. The van der Waals surface area contributed by atoms with Crippen LogP contribution in [0.2, 0.25) is 5.15 Å². The largest absolute Gasteiger partial charge is 0.383 e. The second-order valence-electron chi connectivity index (χ2n) is 3.43. The lowest BCUT2D eigenvalue weighted by Gasteiger charge is -2.07. The van der Waals surface area contributed by atoms with Crippen LogP contribution in [0.5, 0.6) is 0 Å². The van der Waals surface area contributed by atoms with E-state index in [-0.39, 0.29) is 29.9 Å². The molecule has 19 heavy (non-hydrogen) atoms. The van der Waals surface area contributed by atoms with Gasteiger partial charge in [0, 0.05) is 13.7 Å². The number of halogens is 1. The van der Waals surface area contributed by atoms with Crippen LogP contribution in [0.15, 0.2) is 6.33 Å². The average Bonchev–Trinajstić information content (AvgIpc) is 2.77. The molecule has 0 saturated heterocycles. The highest BCUT2D eigenvalue weighted by atomic mass is 35.5. The van der Waals surface area contributed by atoms with Crippen LogP contribution in [-0.2, 0) is 14.9 Å². The molecule has 104 valence electrons. The molecule has 2 rings (SSSR count). The Bertz CT molecular complexity index is 672. The van der Waals surface area contributed by atoms with Crippen molar-refractivity contribution >= 4 is 38.9 Å². The Hall–Kier alpha value is -1.49. The van der Waals surface area contributed by atoms with Gasteiger partial charge in [0.1, 0.15) is 5.52 Å². The van der Waals surface area contributed by atoms with Gasteiger partial charge in [0.15, 0.2) is 10.8 Å². The predicted molar refractivity (Wildman–Crippen MR) is 69.1 cm³/mol. The van der Waals surface area contributed by atoms with E-state index in [1.54, 1.807) is 0 Å². The molecule has 0 bridgehead atoms. The molecule has 0 unspecified atom stereocenters. The molecule has 2 aromatic rings. The molecule has 2 heterocycles. The van der Waals surface area contributed by atoms with Gasteiger partial charge in [-0.2, -0.15) is 23.1 Å². The molecule has 0 aromatic carbocycles. The Morgan fingerprint density at radius 3 is 3.00 bits per heavy atom. The smallest absolute Gasteiger partial charge is 0.301 e. The van der Waals surface area contributed by atoms with Crippen molar-refractivity contribution in [3.05, 3.63) is 11.5 Å². The molecule has 0 radical (unpaired) electrons. The van der Waals surface area contributed by atoms with Crippen molar-refractivity contribution in [2.45, 2.75) is 0 Å². The number of nitrogens with one attached hydrogen (secondary N) is 3. The topological polar surface area (TPSA) is 122 Å². The van der Waals surface area contributed by atoms with Crippen molar-refractivity contribution in [2.24, 2.45) is 0 Å². The van der Waals surface area contributed by atoms with E-state index in [0.29, 0.717) is 5.52 Å². The van der Waals surface area contributed by atoms with E-state index in [9.17, 15) is 8.42 Å². The molecule has 0 spiro atoms. The first-order valence-electron chi connectivity index (χ1n) is 5.15. The molecule has 3 N–H and O–H groups in total. The Kier molecular flexibility index (Phi) is 4.14. The van der Waals surface area contributed by atoms with E-state index >= 15 is 0 Å². The fourth-order valence-corrected chi connectivity index (χ4v) is 2.25. The standard InChI is InChI=1S/C8H11ClN6O3S/c1-18-3-2-12-19(16,17)15-8-13-6(9)5-7(14-8)11-4-10-5/h4,12H,2-3H2,1H3,(H2,10,11,13,14,15). The third-order valence-corrected chi connectivity index (χ3v) is 3.37. The Balaban J connectivity index is 2.16. The number of hydrogen-bond acceptors (Lipinski definition) is 6. The number of rotatable bonds is 6. The van der Waals surface area contributed by atoms with Gasteiger partial charge in [0.2, 0.25) is 5.95 Å². The summed E-state index contributed by atoms with van der Waals surface area (Å²) in [5.41, 5.74) is 0.714. The number of aromatic amines is 1. The van der Waals surface area contributed by atoms with E-state index in [4.69, 9.17) is 16.3 Å². The van der Waals surface area contributed by atoms with Crippen LogP contribution >= 0.6 is 11.6 Å². The summed E-state index contributed by atoms with van der Waals surface area (Å²) in [4.78, 5) is 14.3. The van der Waals surface area contributed by atoms with E-state index in [1.165, 1.54) is 13.4 Å². The monoisotopic (exact) mass is 306 g/mol. The van der Waals surface area contributed by atoms with Crippen LogP contribution in [-0.4, -0.2) is 48.6 Å². The van der Waals surface area contributed by atoms with E-state index in [1.807, 2.05) is 0 Å². The molecule has 0 atom stereocenters. The number of aromatic nitrogens is 4. The van der Waals surface area contributed by atoms with Crippen LogP contribution in [0.4, 0.5) is 5.95 Å². The van der Waals surface area contributed by atoms with Crippen molar-refractivity contribution in [3.8, 4) is 0 Å². The number of anilines is 1. The molecular formula is C8H11ClN6O3S. The van der Waals surface area contributed by atoms with Crippen molar-refractivity contribution in [2.75, 3.05) is 25.0 Å². The van der Waals surface area contributed by atoms with Crippen LogP contribution < -0.4 is 9.44 Å². The highest BCUT2D eigenvalue weighted by molar-refractivity contribution is 7.90. The molecule has 0 aliphatic heterocycles. The lowest BCUT2D eigenvalue weighted by molar-refractivity contribution is 0.204. The molecule has 0 aliphatic carbocycles. The summed E-state index contributed by atoms with van der Waals surface area (Å²) < 4.78 is 32.4. The van der Waals surface area contributed by atoms with Gasteiger partial charge in [0.05, 0.1) is 12.9 Å². The minimum atomic E-state index is -3.78. The first-order valence-corrected chi connectivity index (χ1v) is 7.01. The van der Waals surface area contributed by atoms with Crippen molar-refractivity contribution in [3.63, 3.8) is 0 Å². The maximum absolute atomic E-state index is 11.6. The Labute approximate surface area is 113 Å². The minimum absolute atomic E-state index is 0.0806. The molecule has 0 fully saturated rings. The van der Waals surface area contributed by atoms with Crippen LogP contribution in [0.3, 0.4) is 0 Å². The summed E-state index contributed by atoms with van der Waals surface area (Å²) in [5.74, 6) is -0.158. The highest BCUT2D eigenvalue weighted by Crippen LogP contribution is 2.18. The molecule has 0 saturated carbocycles. The first-order chi connectivity index (χ1) is 9.02. The van der Waals surface area contributed by atoms with Gasteiger partial charge in [-0.3, -0.25) is 0 Å². The molecule has 0 aliphatic rings. The second kappa shape index (κ2) is 5.65. The third-order valence-electron chi connectivity index (χ3n) is 2.07. The van der Waals surface area contributed by atoms with Crippen molar-refractivity contribution in [1.82, 2.24) is 24.7 Å². The lowest BCUT2D eigenvalue weighted by atomic mass is 10.6. The minimum Gasteiger partial charge on any atom is -0.383 e. The summed E-state index contributed by atoms with van der Waals surface area (Å²) in [5, 5.41) is 0.0806. The maximum atomic E-state index is 11.6. The summed E-state index contributed by atoms with van der Waals surface area (Å²) >= 11 is 5.86. The van der Waals surface area contributed by atoms with Crippen molar-refractivity contribution < 1.29 is 13.2 Å². The zero-order valence-electron chi connectivity index (χ0n) is 9.84. The predicted octanol–water partition coefficient (Wildman–Crippen LogP) is -0.101. The second-order valence-corrected chi connectivity index (χ2v) is 5.29. The Morgan fingerprint density at radius 2 is 2.26 bits per heavy atom. The quantitative estimate of drug-likeness (QED) is 0.506. The summed E-state index contributed by atoms with van der Waals surface area (Å²) in [6, 6.07) is 0. The Morgan fingerprint density at radius 1 is 1.47 bits per heavy atom. The molecule has 2 aromatic heterocycles. The number of ether oxygens (including phenoxy) is 1. The van der Waals surface area contributed by atoms with Gasteiger partial charge in [0.25, 0.3) is 0 Å². The number of hydrogen-bond donors (Lipinski definition) is 3. The zero-order valence-corrected chi connectivity index (χ0v) is 11.4. The number of nitrogens with zero attached hydrogens (tertiary/aromatic N) is 3. The molecular weight excluding hydrogens is 296 g/mol. The first kappa shape index (κ1) is 13.9. The SMILES string of the molecule is COCCNS(=O)(=O)Nc1nc(Cl)c2[nH]cnc2n1. The normalized spacial score (nSPS) is 11.9. The number of fused-ring (bicyclic) bond motifs is 1. The molecule has 11 heteroatoms. The van der Waals surface area contributed by atoms with Crippen LogP contribution in [0.25, 0.3) is 11.2 Å². The number of methoxy groups -OCH3 is 1. The molecule has 9 nitrogen and oxygen atoms in total.